The van der Waals surface area contributed by atoms with E-state index in [0.29, 0.717) is 16.4 Å². The van der Waals surface area contributed by atoms with Gasteiger partial charge in [-0.1, -0.05) is 31.5 Å². The van der Waals surface area contributed by atoms with Gasteiger partial charge in [-0.3, -0.25) is 0 Å². The largest absolute Gasteiger partial charge is 0.464 e. The summed E-state index contributed by atoms with van der Waals surface area (Å²) in [6.45, 7) is 4.15. The number of fused-ring (bicyclic) bond motifs is 1. The summed E-state index contributed by atoms with van der Waals surface area (Å²) < 4.78 is 36.6. The second-order valence-corrected chi connectivity index (χ2v) is 9.63. The van der Waals surface area contributed by atoms with Crippen LogP contribution in [0.5, 0.6) is 0 Å². The first-order valence-electron chi connectivity index (χ1n) is 8.26. The Kier molecular flexibility index (Phi) is 5.21. The van der Waals surface area contributed by atoms with Crippen LogP contribution in [0.3, 0.4) is 0 Å². The fourth-order valence-electron chi connectivity index (χ4n) is 2.95. The van der Waals surface area contributed by atoms with Gasteiger partial charge in [0.15, 0.2) is 17.3 Å². The summed E-state index contributed by atoms with van der Waals surface area (Å²) in [6.07, 6.45) is 1.84. The molecule has 0 saturated carbocycles. The molecular formula is C18H18ClF2N3O2Si. The van der Waals surface area contributed by atoms with Crippen molar-refractivity contribution in [1.29, 1.82) is 0 Å². The van der Waals surface area contributed by atoms with Gasteiger partial charge in [0.25, 0.3) is 0 Å². The number of nitrogen functional groups attached to an aromatic ring is 1. The SMILES string of the molecule is COC(=O)c1nc(-c2ccc3ccn([SiH2]C(C)C)c3c2F)c(F)c(N)c1Cl. The third-order valence-corrected chi connectivity index (χ3v) is 6.21. The van der Waals surface area contributed by atoms with E-state index >= 15 is 4.39 Å². The van der Waals surface area contributed by atoms with E-state index in [1.807, 2.05) is 16.5 Å². The molecule has 0 unspecified atom stereocenters. The van der Waals surface area contributed by atoms with Crippen molar-refractivity contribution in [3.63, 3.8) is 0 Å². The number of carbonyl (C=O) groups is 1. The first-order valence-corrected chi connectivity index (χ1v) is 10.1. The van der Waals surface area contributed by atoms with Crippen molar-refractivity contribution in [3.05, 3.63) is 46.7 Å². The van der Waals surface area contributed by atoms with Gasteiger partial charge in [0, 0.05) is 10.9 Å². The highest BCUT2D eigenvalue weighted by atomic mass is 35.5. The molecular weight excluding hydrogens is 392 g/mol. The average Bonchev–Trinajstić information content (AvgIpc) is 3.03. The zero-order valence-corrected chi connectivity index (χ0v) is 17.2. The van der Waals surface area contributed by atoms with Crippen LogP contribution in [0.2, 0.25) is 10.6 Å². The van der Waals surface area contributed by atoms with Gasteiger partial charge in [0.1, 0.15) is 15.4 Å². The van der Waals surface area contributed by atoms with Crippen LogP contribution in [0.25, 0.3) is 22.2 Å². The van der Waals surface area contributed by atoms with Gasteiger partial charge in [-0.25, -0.2) is 18.6 Å². The Balaban J connectivity index is 2.28. The minimum Gasteiger partial charge on any atom is -0.464 e. The van der Waals surface area contributed by atoms with E-state index in [2.05, 4.69) is 23.6 Å². The second-order valence-electron chi connectivity index (χ2n) is 6.57. The van der Waals surface area contributed by atoms with Crippen LogP contribution in [0.1, 0.15) is 24.3 Å². The molecule has 9 heteroatoms. The minimum absolute atomic E-state index is 0.0915. The molecule has 5 nitrogen and oxygen atoms in total. The molecule has 142 valence electrons. The lowest BCUT2D eigenvalue weighted by Gasteiger charge is -2.13. The molecule has 0 fully saturated rings. The number of methoxy groups -OCH3 is 1. The van der Waals surface area contributed by atoms with Gasteiger partial charge in [-0.15, -0.1) is 0 Å². The molecule has 0 spiro atoms. The zero-order chi connectivity index (χ0) is 19.9. The van der Waals surface area contributed by atoms with Gasteiger partial charge in [0.05, 0.1) is 23.3 Å². The van der Waals surface area contributed by atoms with Crippen LogP contribution < -0.4 is 5.73 Å². The van der Waals surface area contributed by atoms with Crippen molar-refractivity contribution < 1.29 is 18.3 Å². The Morgan fingerprint density at radius 3 is 2.63 bits per heavy atom. The van der Waals surface area contributed by atoms with E-state index in [-0.39, 0.29) is 22.0 Å². The van der Waals surface area contributed by atoms with E-state index in [4.69, 9.17) is 17.3 Å². The molecule has 0 aliphatic heterocycles. The van der Waals surface area contributed by atoms with Gasteiger partial charge in [0.2, 0.25) is 0 Å². The molecule has 2 heterocycles. The fraction of sp³-hybridized carbons (Fsp3) is 0.222. The lowest BCUT2D eigenvalue weighted by atomic mass is 10.1. The van der Waals surface area contributed by atoms with Crippen molar-refractivity contribution in [2.24, 2.45) is 0 Å². The Morgan fingerprint density at radius 2 is 2.00 bits per heavy atom. The number of halogens is 3. The van der Waals surface area contributed by atoms with Gasteiger partial charge >= 0.3 is 5.97 Å². The number of benzene rings is 1. The van der Waals surface area contributed by atoms with Gasteiger partial charge in [-0.2, -0.15) is 0 Å². The standard InChI is InChI=1S/C18H18ClF2N3O2Si/c1-8(2)27-24-7-6-9-4-5-10(12(20)17(9)24)15-13(21)14(22)11(19)16(23-15)18(25)26-3/h4-8H,27H2,1-3H3,(H2,22,23). The van der Waals surface area contributed by atoms with Crippen LogP contribution in [-0.4, -0.2) is 32.0 Å². The van der Waals surface area contributed by atoms with Crippen LogP contribution >= 0.6 is 11.6 Å². The molecule has 0 radical (unpaired) electrons. The van der Waals surface area contributed by atoms with E-state index in [0.717, 1.165) is 7.11 Å². The molecule has 0 saturated heterocycles. The zero-order valence-electron chi connectivity index (χ0n) is 15.0. The van der Waals surface area contributed by atoms with Crippen LogP contribution in [0, 0.1) is 11.6 Å². The Morgan fingerprint density at radius 1 is 1.30 bits per heavy atom. The number of hydrogen-bond donors (Lipinski definition) is 1. The van der Waals surface area contributed by atoms with Crippen molar-refractivity contribution in [1.82, 2.24) is 9.22 Å². The van der Waals surface area contributed by atoms with Gasteiger partial charge in [-0.05, 0) is 23.9 Å². The first-order chi connectivity index (χ1) is 12.8. The monoisotopic (exact) mass is 409 g/mol. The Hall–Kier alpha value is -2.45. The number of ether oxygens (including phenoxy) is 1. The van der Waals surface area contributed by atoms with E-state index in [1.165, 1.54) is 6.07 Å². The summed E-state index contributed by atoms with van der Waals surface area (Å²) in [6, 6.07) is 4.92. The Bertz CT molecular complexity index is 1050. The predicted molar refractivity (Wildman–Crippen MR) is 105 cm³/mol. The van der Waals surface area contributed by atoms with Crippen molar-refractivity contribution in [2.75, 3.05) is 12.8 Å². The number of nitrogens with two attached hydrogens (primary N) is 1. The van der Waals surface area contributed by atoms with E-state index in [9.17, 15) is 9.18 Å². The highest BCUT2D eigenvalue weighted by molar-refractivity contribution is 6.37. The lowest BCUT2D eigenvalue weighted by Crippen LogP contribution is -2.11. The topological polar surface area (TPSA) is 70.1 Å². The maximum atomic E-state index is 15.3. The summed E-state index contributed by atoms with van der Waals surface area (Å²) in [5.41, 5.74) is 5.18. The number of nitrogens with zero attached hydrogens (tertiary/aromatic N) is 2. The number of pyridine rings is 1. The van der Waals surface area contributed by atoms with E-state index in [1.54, 1.807) is 6.07 Å². The fourth-order valence-corrected chi connectivity index (χ4v) is 4.67. The average molecular weight is 410 g/mol. The summed E-state index contributed by atoms with van der Waals surface area (Å²) in [7, 11) is 0.355. The third kappa shape index (κ3) is 3.30. The summed E-state index contributed by atoms with van der Waals surface area (Å²) in [4.78, 5) is 15.8. The molecule has 3 aromatic rings. The summed E-state index contributed by atoms with van der Waals surface area (Å²) in [5.74, 6) is -2.48. The third-order valence-electron chi connectivity index (χ3n) is 4.18. The maximum absolute atomic E-state index is 15.3. The van der Waals surface area contributed by atoms with Crippen LogP contribution in [0.15, 0.2) is 24.4 Å². The predicted octanol–water partition coefficient (Wildman–Crippen LogP) is 3.76. The first kappa shape index (κ1) is 19.3. The molecule has 3 rings (SSSR count). The minimum atomic E-state index is -0.981. The molecule has 0 amide bonds. The molecule has 0 aliphatic carbocycles. The molecule has 1 aromatic carbocycles. The normalized spacial score (nSPS) is 11.8. The molecule has 2 N–H and O–H groups in total. The molecule has 2 aromatic heterocycles. The lowest BCUT2D eigenvalue weighted by molar-refractivity contribution is 0.0594. The molecule has 0 aliphatic rings. The van der Waals surface area contributed by atoms with Crippen molar-refractivity contribution in [3.8, 4) is 11.3 Å². The number of aromatic nitrogens is 2. The Labute approximate surface area is 162 Å². The van der Waals surface area contributed by atoms with Gasteiger partial charge < -0.3 is 14.7 Å². The van der Waals surface area contributed by atoms with E-state index < -0.39 is 33.0 Å². The number of anilines is 1. The molecule has 0 atom stereocenters. The summed E-state index contributed by atoms with van der Waals surface area (Å²) in [5, 5.41) is 0.347. The molecule has 0 bridgehead atoms. The highest BCUT2D eigenvalue weighted by Gasteiger charge is 2.25. The smallest absolute Gasteiger partial charge is 0.358 e. The van der Waals surface area contributed by atoms with Crippen LogP contribution in [-0.2, 0) is 4.74 Å². The van der Waals surface area contributed by atoms with Crippen LogP contribution in [0.4, 0.5) is 14.5 Å². The maximum Gasteiger partial charge on any atom is 0.358 e. The number of rotatable bonds is 4. The highest BCUT2D eigenvalue weighted by Crippen LogP contribution is 2.35. The molecule has 27 heavy (non-hydrogen) atoms. The summed E-state index contributed by atoms with van der Waals surface area (Å²) >= 11 is 5.91. The number of hydrogen-bond acceptors (Lipinski definition) is 4. The number of carbonyl (C=O) groups excluding carboxylic acids is 1. The van der Waals surface area contributed by atoms with Crippen molar-refractivity contribution in [2.45, 2.75) is 19.4 Å². The quantitative estimate of drug-likeness (QED) is 0.526. The second kappa shape index (κ2) is 7.28. The van der Waals surface area contributed by atoms with Crippen molar-refractivity contribution >= 4 is 43.8 Å². The number of esters is 1.